The molecule has 2 amide bonds. The van der Waals surface area contributed by atoms with E-state index in [-0.39, 0.29) is 18.4 Å². The van der Waals surface area contributed by atoms with Gasteiger partial charge < -0.3 is 14.9 Å². The van der Waals surface area contributed by atoms with Gasteiger partial charge in [0.05, 0.1) is 0 Å². The maximum atomic E-state index is 12.5. The molecule has 0 spiro atoms. The lowest BCUT2D eigenvalue weighted by Crippen LogP contribution is -2.50. The molecule has 1 N–H and O–H groups in total. The second-order valence-electron chi connectivity index (χ2n) is 5.79. The lowest BCUT2D eigenvalue weighted by Gasteiger charge is -2.35. The number of alkyl halides is 3. The summed E-state index contributed by atoms with van der Waals surface area (Å²) in [5.74, 6) is -0.875. The monoisotopic (exact) mass is 308 g/mol. The van der Waals surface area contributed by atoms with Gasteiger partial charge in [-0.2, -0.15) is 13.2 Å². The number of carbonyl (C=O) groups excluding carboxylic acids is 1. The largest absolute Gasteiger partial charge is 0.481 e. The summed E-state index contributed by atoms with van der Waals surface area (Å²) in [5.41, 5.74) is 0. The van der Waals surface area contributed by atoms with E-state index in [1.807, 2.05) is 0 Å². The highest BCUT2D eigenvalue weighted by Gasteiger charge is 2.42. The van der Waals surface area contributed by atoms with E-state index < -0.39 is 24.7 Å². The lowest BCUT2D eigenvalue weighted by molar-refractivity contribution is -0.142. The summed E-state index contributed by atoms with van der Waals surface area (Å²) in [5, 5.41) is 8.72. The molecule has 0 radical (unpaired) electrons. The zero-order valence-electron chi connectivity index (χ0n) is 11.6. The van der Waals surface area contributed by atoms with Gasteiger partial charge in [0, 0.05) is 25.6 Å². The van der Waals surface area contributed by atoms with Gasteiger partial charge in [-0.15, -0.1) is 0 Å². The number of halogens is 3. The SMILES string of the molecule is O=C(O)CC1CCN(C(=O)N(CC(F)(F)F)C2CC2)CC1. The van der Waals surface area contributed by atoms with Crippen LogP contribution in [0.1, 0.15) is 32.1 Å². The fourth-order valence-corrected chi connectivity index (χ4v) is 2.69. The quantitative estimate of drug-likeness (QED) is 0.867. The van der Waals surface area contributed by atoms with Crippen molar-refractivity contribution < 1.29 is 27.9 Å². The Morgan fingerprint density at radius 3 is 2.14 bits per heavy atom. The van der Waals surface area contributed by atoms with E-state index in [2.05, 4.69) is 0 Å². The number of hydrogen-bond acceptors (Lipinski definition) is 2. The number of nitrogens with zero attached hydrogens (tertiary/aromatic N) is 2. The second kappa shape index (κ2) is 6.11. The highest BCUT2D eigenvalue weighted by atomic mass is 19.4. The first-order chi connectivity index (χ1) is 9.76. The summed E-state index contributed by atoms with van der Waals surface area (Å²) in [4.78, 5) is 25.2. The van der Waals surface area contributed by atoms with E-state index in [4.69, 9.17) is 5.11 Å². The van der Waals surface area contributed by atoms with Gasteiger partial charge in [0.25, 0.3) is 0 Å². The van der Waals surface area contributed by atoms with Gasteiger partial charge in [-0.1, -0.05) is 0 Å². The molecule has 2 aliphatic rings. The molecule has 0 unspecified atom stereocenters. The topological polar surface area (TPSA) is 60.9 Å². The Morgan fingerprint density at radius 2 is 1.71 bits per heavy atom. The predicted molar refractivity (Wildman–Crippen MR) is 67.7 cm³/mol. The van der Waals surface area contributed by atoms with Crippen LogP contribution in [0.2, 0.25) is 0 Å². The molecule has 0 aromatic carbocycles. The van der Waals surface area contributed by atoms with Crippen LogP contribution in [0.4, 0.5) is 18.0 Å². The number of carboxylic acids is 1. The summed E-state index contributed by atoms with van der Waals surface area (Å²) >= 11 is 0. The number of aliphatic carboxylic acids is 1. The molecule has 0 bridgehead atoms. The molecule has 2 fully saturated rings. The van der Waals surface area contributed by atoms with Crippen molar-refractivity contribution in [3.05, 3.63) is 0 Å². The molecule has 0 aromatic heterocycles. The summed E-state index contributed by atoms with van der Waals surface area (Å²) in [6, 6.07) is -0.862. The Morgan fingerprint density at radius 1 is 1.14 bits per heavy atom. The van der Waals surface area contributed by atoms with Crippen LogP contribution in [-0.4, -0.2) is 58.8 Å². The van der Waals surface area contributed by atoms with Crippen LogP contribution in [0.5, 0.6) is 0 Å². The minimum absolute atomic E-state index is 0.00328. The van der Waals surface area contributed by atoms with Gasteiger partial charge >= 0.3 is 18.2 Å². The average Bonchev–Trinajstić information content (AvgIpc) is 3.18. The van der Waals surface area contributed by atoms with Gasteiger partial charge in [0.2, 0.25) is 0 Å². The fourth-order valence-electron chi connectivity index (χ4n) is 2.69. The van der Waals surface area contributed by atoms with Gasteiger partial charge in [0.1, 0.15) is 6.54 Å². The average molecular weight is 308 g/mol. The summed E-state index contributed by atoms with van der Waals surface area (Å²) < 4.78 is 37.6. The van der Waals surface area contributed by atoms with Gasteiger partial charge in [-0.25, -0.2) is 4.79 Å². The van der Waals surface area contributed by atoms with Crippen molar-refractivity contribution >= 4 is 12.0 Å². The first kappa shape index (κ1) is 15.9. The maximum Gasteiger partial charge on any atom is 0.406 e. The Hall–Kier alpha value is -1.47. The van der Waals surface area contributed by atoms with Gasteiger partial charge in [0.15, 0.2) is 0 Å². The van der Waals surface area contributed by atoms with Crippen LogP contribution >= 0.6 is 0 Å². The van der Waals surface area contributed by atoms with Crippen LogP contribution in [0.25, 0.3) is 0 Å². The zero-order valence-corrected chi connectivity index (χ0v) is 11.6. The molecule has 1 aliphatic heterocycles. The molecule has 8 heteroatoms. The van der Waals surface area contributed by atoms with Crippen LogP contribution in [0.3, 0.4) is 0 Å². The third-order valence-corrected chi connectivity index (χ3v) is 3.93. The smallest absolute Gasteiger partial charge is 0.406 e. The van der Waals surface area contributed by atoms with Crippen molar-refractivity contribution in [1.29, 1.82) is 0 Å². The van der Waals surface area contributed by atoms with Crippen molar-refractivity contribution in [2.45, 2.75) is 44.3 Å². The van der Waals surface area contributed by atoms with Crippen molar-refractivity contribution in [3.8, 4) is 0 Å². The molecule has 1 saturated carbocycles. The molecule has 21 heavy (non-hydrogen) atoms. The first-order valence-electron chi connectivity index (χ1n) is 7.10. The molecular weight excluding hydrogens is 289 g/mol. The highest BCUT2D eigenvalue weighted by Crippen LogP contribution is 2.32. The maximum absolute atomic E-state index is 12.5. The number of likely N-dealkylation sites (tertiary alicyclic amines) is 1. The van der Waals surface area contributed by atoms with Crippen LogP contribution < -0.4 is 0 Å². The minimum atomic E-state index is -4.39. The molecule has 2 rings (SSSR count). The number of urea groups is 1. The molecule has 0 atom stereocenters. The number of hydrogen-bond donors (Lipinski definition) is 1. The molecule has 5 nitrogen and oxygen atoms in total. The van der Waals surface area contributed by atoms with E-state index in [1.165, 1.54) is 4.90 Å². The van der Waals surface area contributed by atoms with Crippen molar-refractivity contribution in [2.75, 3.05) is 19.6 Å². The first-order valence-corrected chi connectivity index (χ1v) is 7.10. The van der Waals surface area contributed by atoms with E-state index >= 15 is 0 Å². The number of rotatable bonds is 4. The lowest BCUT2D eigenvalue weighted by atomic mass is 9.94. The van der Waals surface area contributed by atoms with Crippen molar-refractivity contribution in [2.24, 2.45) is 5.92 Å². The summed E-state index contributed by atoms with van der Waals surface area (Å²) in [6.07, 6.45) is -2.03. The standard InChI is InChI=1S/C13H19F3N2O3/c14-13(15,16)8-18(10-1-2-10)12(21)17-5-3-9(4-6-17)7-11(19)20/h9-10H,1-8H2,(H,19,20). The molecule has 120 valence electrons. The second-order valence-corrected chi connectivity index (χ2v) is 5.79. The molecule has 0 aromatic rings. The van der Waals surface area contributed by atoms with E-state index in [1.54, 1.807) is 0 Å². The van der Waals surface area contributed by atoms with Crippen LogP contribution in [-0.2, 0) is 4.79 Å². The number of amides is 2. The number of carbonyl (C=O) groups is 2. The predicted octanol–water partition coefficient (Wildman–Crippen LogP) is 2.32. The van der Waals surface area contributed by atoms with Crippen molar-refractivity contribution in [1.82, 2.24) is 9.80 Å². The van der Waals surface area contributed by atoms with Crippen molar-refractivity contribution in [3.63, 3.8) is 0 Å². The highest BCUT2D eigenvalue weighted by molar-refractivity contribution is 5.75. The Bertz CT molecular complexity index is 402. The fraction of sp³-hybridized carbons (Fsp3) is 0.846. The van der Waals surface area contributed by atoms with E-state index in [0.717, 1.165) is 4.90 Å². The van der Waals surface area contributed by atoms with E-state index in [0.29, 0.717) is 38.8 Å². The Labute approximate surface area is 120 Å². The Balaban J connectivity index is 1.89. The molecular formula is C13H19F3N2O3. The molecule has 1 saturated heterocycles. The van der Waals surface area contributed by atoms with Gasteiger partial charge in [-0.05, 0) is 31.6 Å². The van der Waals surface area contributed by atoms with Crippen LogP contribution in [0.15, 0.2) is 0 Å². The zero-order chi connectivity index (χ0) is 15.6. The minimum Gasteiger partial charge on any atom is -0.481 e. The third kappa shape index (κ3) is 4.78. The van der Waals surface area contributed by atoms with Crippen LogP contribution in [0, 0.1) is 5.92 Å². The third-order valence-electron chi connectivity index (χ3n) is 3.93. The number of piperidine rings is 1. The summed E-state index contributed by atoms with van der Waals surface area (Å²) in [6.45, 7) is -0.540. The summed E-state index contributed by atoms with van der Waals surface area (Å²) in [7, 11) is 0. The Kier molecular flexibility index (Phi) is 4.63. The molecule has 1 aliphatic carbocycles. The van der Waals surface area contributed by atoms with Gasteiger partial charge in [-0.3, -0.25) is 4.79 Å². The number of carboxylic acid groups (broad SMARTS) is 1. The molecule has 1 heterocycles. The van der Waals surface area contributed by atoms with E-state index in [9.17, 15) is 22.8 Å². The normalized spacial score (nSPS) is 20.4.